The van der Waals surface area contributed by atoms with Gasteiger partial charge in [-0.3, -0.25) is 4.79 Å². The molecule has 140 valence electrons. The average molecular weight is 345 g/mol. The first-order valence-electron chi connectivity index (χ1n) is 9.88. The molecule has 0 saturated heterocycles. The Hall–Kier alpha value is -1.31. The number of carboxylic acid groups (broad SMARTS) is 1. The van der Waals surface area contributed by atoms with E-state index < -0.39 is 5.97 Å². The quantitative estimate of drug-likeness (QED) is 0.612. The van der Waals surface area contributed by atoms with E-state index in [0.29, 0.717) is 5.41 Å². The maximum absolute atomic E-state index is 11.4. The van der Waals surface area contributed by atoms with Gasteiger partial charge in [-0.2, -0.15) is 0 Å². The van der Waals surface area contributed by atoms with Gasteiger partial charge in [0.05, 0.1) is 5.41 Å². The SMILES string of the molecule is Cc1cc(C)c(CCCC2(C(=O)O)CC2)c(CCCC(C)(C)C)c1C. The Morgan fingerprint density at radius 3 is 2.16 bits per heavy atom. The van der Waals surface area contributed by atoms with Gasteiger partial charge in [0.2, 0.25) is 0 Å². The van der Waals surface area contributed by atoms with Gasteiger partial charge in [-0.25, -0.2) is 0 Å². The van der Waals surface area contributed by atoms with E-state index in [4.69, 9.17) is 0 Å². The first kappa shape index (κ1) is 20.0. The molecule has 1 N–H and O–H groups in total. The summed E-state index contributed by atoms with van der Waals surface area (Å²) in [4.78, 5) is 11.4. The van der Waals surface area contributed by atoms with Gasteiger partial charge in [0.1, 0.15) is 0 Å². The lowest BCUT2D eigenvalue weighted by Gasteiger charge is -2.21. The molecule has 1 aliphatic rings. The van der Waals surface area contributed by atoms with Crippen molar-refractivity contribution in [1.29, 1.82) is 0 Å². The number of rotatable bonds is 8. The van der Waals surface area contributed by atoms with Crippen LogP contribution in [-0.4, -0.2) is 11.1 Å². The van der Waals surface area contributed by atoms with Crippen LogP contribution in [0.15, 0.2) is 6.07 Å². The van der Waals surface area contributed by atoms with Crippen LogP contribution in [0.25, 0.3) is 0 Å². The van der Waals surface area contributed by atoms with Crippen molar-refractivity contribution in [2.75, 3.05) is 0 Å². The van der Waals surface area contributed by atoms with Crippen LogP contribution in [0, 0.1) is 31.6 Å². The molecule has 0 unspecified atom stereocenters. The van der Waals surface area contributed by atoms with Crippen molar-refractivity contribution in [1.82, 2.24) is 0 Å². The summed E-state index contributed by atoms with van der Waals surface area (Å²) in [5.74, 6) is -0.588. The van der Waals surface area contributed by atoms with Gasteiger partial charge in [0, 0.05) is 0 Å². The first-order chi connectivity index (χ1) is 11.6. The van der Waals surface area contributed by atoms with E-state index in [2.05, 4.69) is 47.6 Å². The summed E-state index contributed by atoms with van der Waals surface area (Å²) in [6.45, 7) is 13.6. The predicted molar refractivity (Wildman–Crippen MR) is 105 cm³/mol. The monoisotopic (exact) mass is 344 g/mol. The van der Waals surface area contributed by atoms with Crippen LogP contribution in [0.4, 0.5) is 0 Å². The molecule has 0 aliphatic heterocycles. The van der Waals surface area contributed by atoms with Gasteiger partial charge in [-0.1, -0.05) is 26.8 Å². The lowest BCUT2D eigenvalue weighted by molar-refractivity contribution is -0.143. The van der Waals surface area contributed by atoms with Crippen LogP contribution in [0.3, 0.4) is 0 Å². The van der Waals surface area contributed by atoms with Crippen molar-refractivity contribution in [3.8, 4) is 0 Å². The highest BCUT2D eigenvalue weighted by Gasteiger charge is 2.49. The largest absolute Gasteiger partial charge is 0.481 e. The lowest BCUT2D eigenvalue weighted by atomic mass is 9.84. The third-order valence-electron chi connectivity index (χ3n) is 6.06. The van der Waals surface area contributed by atoms with Crippen molar-refractivity contribution in [3.63, 3.8) is 0 Å². The summed E-state index contributed by atoms with van der Waals surface area (Å²) < 4.78 is 0. The van der Waals surface area contributed by atoms with Gasteiger partial charge >= 0.3 is 5.97 Å². The zero-order valence-corrected chi connectivity index (χ0v) is 17.1. The average Bonchev–Trinajstić information content (AvgIpc) is 3.27. The highest BCUT2D eigenvalue weighted by molar-refractivity contribution is 5.77. The Balaban J connectivity index is 2.10. The zero-order chi connectivity index (χ0) is 18.8. The molecule has 2 heteroatoms. The van der Waals surface area contributed by atoms with E-state index in [-0.39, 0.29) is 5.41 Å². The minimum Gasteiger partial charge on any atom is -0.481 e. The molecule has 2 nitrogen and oxygen atoms in total. The lowest BCUT2D eigenvalue weighted by Crippen LogP contribution is -2.15. The molecular formula is C23H36O2. The van der Waals surface area contributed by atoms with Crippen LogP contribution < -0.4 is 0 Å². The zero-order valence-electron chi connectivity index (χ0n) is 17.1. The fourth-order valence-corrected chi connectivity index (χ4v) is 4.03. The molecule has 1 aromatic carbocycles. The predicted octanol–water partition coefficient (Wildman–Crippen LogP) is 6.17. The summed E-state index contributed by atoms with van der Waals surface area (Å²) in [6, 6.07) is 2.31. The Morgan fingerprint density at radius 1 is 1.04 bits per heavy atom. The topological polar surface area (TPSA) is 37.3 Å². The third-order valence-corrected chi connectivity index (χ3v) is 6.06. The van der Waals surface area contributed by atoms with Crippen LogP contribution in [0.5, 0.6) is 0 Å². The van der Waals surface area contributed by atoms with E-state index >= 15 is 0 Å². The van der Waals surface area contributed by atoms with Gasteiger partial charge in [0.15, 0.2) is 0 Å². The summed E-state index contributed by atoms with van der Waals surface area (Å²) in [7, 11) is 0. The van der Waals surface area contributed by atoms with E-state index in [1.807, 2.05) is 0 Å². The van der Waals surface area contributed by atoms with Gasteiger partial charge < -0.3 is 5.11 Å². The fraction of sp³-hybridized carbons (Fsp3) is 0.696. The number of hydrogen-bond acceptors (Lipinski definition) is 1. The molecule has 0 heterocycles. The number of aliphatic carboxylic acids is 1. The number of benzene rings is 1. The summed E-state index contributed by atoms with van der Waals surface area (Å²) in [6.07, 6.45) is 8.18. The van der Waals surface area contributed by atoms with Crippen molar-refractivity contribution >= 4 is 5.97 Å². The Kier molecular flexibility index (Phi) is 6.01. The smallest absolute Gasteiger partial charge is 0.309 e. The second-order valence-corrected chi connectivity index (χ2v) is 9.45. The molecule has 0 aromatic heterocycles. The maximum atomic E-state index is 11.4. The second kappa shape index (κ2) is 7.51. The van der Waals surface area contributed by atoms with Crippen LogP contribution in [-0.2, 0) is 17.6 Å². The second-order valence-electron chi connectivity index (χ2n) is 9.45. The molecule has 25 heavy (non-hydrogen) atoms. The minimum absolute atomic E-state index is 0.382. The number of hydrogen-bond donors (Lipinski definition) is 1. The number of carbonyl (C=O) groups is 1. The molecular weight excluding hydrogens is 308 g/mol. The molecule has 0 amide bonds. The molecule has 1 saturated carbocycles. The normalized spacial score (nSPS) is 16.1. The molecule has 0 bridgehead atoms. The van der Waals surface area contributed by atoms with Crippen molar-refractivity contribution in [2.45, 2.75) is 92.9 Å². The molecule has 0 atom stereocenters. The molecule has 0 spiro atoms. The van der Waals surface area contributed by atoms with Crippen molar-refractivity contribution < 1.29 is 9.90 Å². The van der Waals surface area contributed by atoms with E-state index in [1.54, 1.807) is 0 Å². The fourth-order valence-electron chi connectivity index (χ4n) is 4.03. The van der Waals surface area contributed by atoms with Crippen molar-refractivity contribution in [2.24, 2.45) is 10.8 Å². The first-order valence-corrected chi connectivity index (χ1v) is 9.88. The summed E-state index contributed by atoms with van der Waals surface area (Å²) in [5.41, 5.74) is 7.21. The Labute approximate surface area is 154 Å². The van der Waals surface area contributed by atoms with Crippen LogP contribution in [0.1, 0.15) is 87.1 Å². The van der Waals surface area contributed by atoms with Gasteiger partial charge in [0.25, 0.3) is 0 Å². The third kappa shape index (κ3) is 5.09. The molecule has 0 radical (unpaired) electrons. The molecule has 1 fully saturated rings. The standard InChI is InChI=1S/C23H36O2/c1-16-15-17(2)19(9-8-12-23(13-14-23)21(24)25)20(18(16)3)10-7-11-22(4,5)6/h15H,7-14H2,1-6H3,(H,24,25). The van der Waals surface area contributed by atoms with Gasteiger partial charge in [-0.05, 0) is 105 Å². The van der Waals surface area contributed by atoms with Crippen LogP contribution >= 0.6 is 0 Å². The maximum Gasteiger partial charge on any atom is 0.309 e. The molecule has 1 aliphatic carbocycles. The summed E-state index contributed by atoms with van der Waals surface area (Å²) in [5, 5.41) is 9.38. The minimum atomic E-state index is -0.588. The van der Waals surface area contributed by atoms with Crippen molar-refractivity contribution in [3.05, 3.63) is 33.9 Å². The highest BCUT2D eigenvalue weighted by atomic mass is 16.4. The molecule has 2 rings (SSSR count). The summed E-state index contributed by atoms with van der Waals surface area (Å²) >= 11 is 0. The Bertz CT molecular complexity index is 630. The van der Waals surface area contributed by atoms with E-state index in [0.717, 1.165) is 38.5 Å². The van der Waals surface area contributed by atoms with E-state index in [1.165, 1.54) is 40.7 Å². The number of aryl methyl sites for hydroxylation is 2. The van der Waals surface area contributed by atoms with Crippen LogP contribution in [0.2, 0.25) is 0 Å². The molecule has 1 aromatic rings. The van der Waals surface area contributed by atoms with E-state index in [9.17, 15) is 9.90 Å². The number of carboxylic acids is 1. The highest BCUT2D eigenvalue weighted by Crippen LogP contribution is 2.50. The Morgan fingerprint density at radius 2 is 1.64 bits per heavy atom. The van der Waals surface area contributed by atoms with Gasteiger partial charge in [-0.15, -0.1) is 0 Å².